The summed E-state index contributed by atoms with van der Waals surface area (Å²) in [5.74, 6) is -1.31. The van der Waals surface area contributed by atoms with Crippen LogP contribution in [0.1, 0.15) is 33.1 Å². The van der Waals surface area contributed by atoms with Gasteiger partial charge in [-0.05, 0) is 6.42 Å². The Balaban J connectivity index is 3.68. The lowest BCUT2D eigenvalue weighted by atomic mass is 10.1. The standard InChI is InChI=1S/C9H15F3/c1-3-4-5-6-7-8(2)9(10,11)12/h6-8H,3-5H2,1-2H3. The molecule has 1 unspecified atom stereocenters. The van der Waals surface area contributed by atoms with Gasteiger partial charge >= 0.3 is 6.18 Å². The van der Waals surface area contributed by atoms with Gasteiger partial charge in [0.15, 0.2) is 0 Å². The topological polar surface area (TPSA) is 0 Å². The van der Waals surface area contributed by atoms with Gasteiger partial charge in [-0.3, -0.25) is 0 Å². The number of halogens is 3. The Labute approximate surface area is 71.5 Å². The van der Waals surface area contributed by atoms with Crippen molar-refractivity contribution in [2.75, 3.05) is 0 Å². The van der Waals surface area contributed by atoms with E-state index in [1.165, 1.54) is 13.0 Å². The summed E-state index contributed by atoms with van der Waals surface area (Å²) in [5, 5.41) is 0. The number of hydrogen-bond acceptors (Lipinski definition) is 0. The van der Waals surface area contributed by atoms with Crippen LogP contribution in [0.25, 0.3) is 0 Å². The maximum Gasteiger partial charge on any atom is 0.394 e. The number of hydrogen-bond donors (Lipinski definition) is 0. The zero-order valence-corrected chi connectivity index (χ0v) is 7.49. The van der Waals surface area contributed by atoms with Crippen molar-refractivity contribution < 1.29 is 13.2 Å². The molecule has 0 rings (SSSR count). The lowest BCUT2D eigenvalue weighted by molar-refractivity contribution is -0.156. The Morgan fingerprint density at radius 2 is 1.92 bits per heavy atom. The van der Waals surface area contributed by atoms with Crippen LogP contribution in [0.4, 0.5) is 13.2 Å². The maximum absolute atomic E-state index is 11.9. The van der Waals surface area contributed by atoms with Crippen LogP contribution in [-0.4, -0.2) is 6.18 Å². The summed E-state index contributed by atoms with van der Waals surface area (Å²) in [6.07, 6.45) is 1.49. The van der Waals surface area contributed by atoms with E-state index in [1.807, 2.05) is 6.92 Å². The highest BCUT2D eigenvalue weighted by atomic mass is 19.4. The first-order valence-corrected chi connectivity index (χ1v) is 4.21. The molecule has 0 saturated heterocycles. The van der Waals surface area contributed by atoms with Gasteiger partial charge in [0.1, 0.15) is 0 Å². The Hall–Kier alpha value is -0.470. The van der Waals surface area contributed by atoms with E-state index in [0.29, 0.717) is 0 Å². The highest BCUT2D eigenvalue weighted by Crippen LogP contribution is 2.26. The molecule has 0 fully saturated rings. The average molecular weight is 180 g/mol. The summed E-state index contributed by atoms with van der Waals surface area (Å²) in [4.78, 5) is 0. The highest BCUT2D eigenvalue weighted by molar-refractivity contribution is 4.89. The number of alkyl halides is 3. The molecule has 0 aromatic rings. The van der Waals surface area contributed by atoms with Crippen molar-refractivity contribution in [2.45, 2.75) is 39.3 Å². The minimum atomic E-state index is -4.08. The fourth-order valence-electron chi connectivity index (χ4n) is 0.731. The number of rotatable bonds is 4. The summed E-state index contributed by atoms with van der Waals surface area (Å²) in [6, 6.07) is 0. The van der Waals surface area contributed by atoms with Gasteiger partial charge in [-0.1, -0.05) is 38.8 Å². The van der Waals surface area contributed by atoms with Gasteiger partial charge < -0.3 is 0 Å². The molecular weight excluding hydrogens is 165 g/mol. The van der Waals surface area contributed by atoms with Gasteiger partial charge in [0.2, 0.25) is 0 Å². The van der Waals surface area contributed by atoms with E-state index in [2.05, 4.69) is 0 Å². The monoisotopic (exact) mass is 180 g/mol. The molecule has 0 N–H and O–H groups in total. The van der Waals surface area contributed by atoms with E-state index >= 15 is 0 Å². The Bertz CT molecular complexity index is 135. The summed E-state index contributed by atoms with van der Waals surface area (Å²) < 4.78 is 35.7. The molecule has 0 amide bonds. The number of allylic oxidation sites excluding steroid dienone is 2. The van der Waals surface area contributed by atoms with Crippen LogP contribution >= 0.6 is 0 Å². The first-order chi connectivity index (χ1) is 5.48. The summed E-state index contributed by atoms with van der Waals surface area (Å²) in [7, 11) is 0. The third-order valence-corrected chi connectivity index (χ3v) is 1.67. The molecular formula is C9H15F3. The molecule has 0 bridgehead atoms. The van der Waals surface area contributed by atoms with Gasteiger partial charge in [0.25, 0.3) is 0 Å². The summed E-state index contributed by atoms with van der Waals surface area (Å²) in [6.45, 7) is 3.18. The van der Waals surface area contributed by atoms with Gasteiger partial charge in [0, 0.05) is 0 Å². The largest absolute Gasteiger partial charge is 0.394 e. The lowest BCUT2D eigenvalue weighted by Gasteiger charge is -2.10. The lowest BCUT2D eigenvalue weighted by Crippen LogP contribution is -2.17. The van der Waals surface area contributed by atoms with Crippen molar-refractivity contribution in [3.8, 4) is 0 Å². The SMILES string of the molecule is CCCCC=CC(C)C(F)(F)F. The summed E-state index contributed by atoms with van der Waals surface area (Å²) >= 11 is 0. The predicted octanol–water partition coefficient (Wildman–Crippen LogP) is 3.93. The van der Waals surface area contributed by atoms with Crippen LogP contribution in [0, 0.1) is 5.92 Å². The molecule has 0 heterocycles. The quantitative estimate of drug-likeness (QED) is 0.454. The van der Waals surface area contributed by atoms with Crippen LogP contribution in [0.5, 0.6) is 0 Å². The molecule has 12 heavy (non-hydrogen) atoms. The molecule has 0 spiro atoms. The second kappa shape index (κ2) is 5.22. The Morgan fingerprint density at radius 3 is 2.33 bits per heavy atom. The Kier molecular flexibility index (Phi) is 5.02. The fourth-order valence-corrected chi connectivity index (χ4v) is 0.731. The molecule has 0 nitrogen and oxygen atoms in total. The Morgan fingerprint density at radius 1 is 1.33 bits per heavy atom. The van der Waals surface area contributed by atoms with E-state index in [9.17, 15) is 13.2 Å². The van der Waals surface area contributed by atoms with Crippen molar-refractivity contribution >= 4 is 0 Å². The molecule has 0 aromatic carbocycles. The van der Waals surface area contributed by atoms with E-state index in [1.54, 1.807) is 6.08 Å². The third kappa shape index (κ3) is 5.22. The van der Waals surface area contributed by atoms with Crippen molar-refractivity contribution in [3.63, 3.8) is 0 Å². The highest BCUT2D eigenvalue weighted by Gasteiger charge is 2.33. The summed E-state index contributed by atoms with van der Waals surface area (Å²) in [5.41, 5.74) is 0. The van der Waals surface area contributed by atoms with E-state index in [0.717, 1.165) is 19.3 Å². The molecule has 3 heteroatoms. The van der Waals surface area contributed by atoms with Gasteiger partial charge in [-0.25, -0.2) is 0 Å². The van der Waals surface area contributed by atoms with Crippen LogP contribution in [0.3, 0.4) is 0 Å². The molecule has 1 atom stereocenters. The minimum Gasteiger partial charge on any atom is -0.170 e. The average Bonchev–Trinajstić information content (AvgIpc) is 1.96. The van der Waals surface area contributed by atoms with Crippen LogP contribution in [0.15, 0.2) is 12.2 Å². The molecule has 0 aliphatic rings. The van der Waals surface area contributed by atoms with Crippen molar-refractivity contribution in [3.05, 3.63) is 12.2 Å². The molecule has 0 aliphatic heterocycles. The smallest absolute Gasteiger partial charge is 0.170 e. The van der Waals surface area contributed by atoms with Gasteiger partial charge in [0.05, 0.1) is 5.92 Å². The number of unbranched alkanes of at least 4 members (excludes halogenated alkanes) is 2. The van der Waals surface area contributed by atoms with Crippen LogP contribution in [0.2, 0.25) is 0 Å². The van der Waals surface area contributed by atoms with Gasteiger partial charge in [-0.2, -0.15) is 13.2 Å². The van der Waals surface area contributed by atoms with Crippen LogP contribution < -0.4 is 0 Å². The zero-order chi connectivity index (χ0) is 9.61. The molecule has 72 valence electrons. The normalized spacial score (nSPS) is 15.4. The first kappa shape index (κ1) is 11.5. The second-order valence-electron chi connectivity index (χ2n) is 2.90. The van der Waals surface area contributed by atoms with Gasteiger partial charge in [-0.15, -0.1) is 0 Å². The van der Waals surface area contributed by atoms with E-state index < -0.39 is 12.1 Å². The van der Waals surface area contributed by atoms with Crippen molar-refractivity contribution in [1.82, 2.24) is 0 Å². The first-order valence-electron chi connectivity index (χ1n) is 4.21. The minimum absolute atomic E-state index is 0.747. The maximum atomic E-state index is 11.9. The van der Waals surface area contributed by atoms with E-state index in [4.69, 9.17) is 0 Å². The molecule has 0 aliphatic carbocycles. The molecule has 0 radical (unpaired) electrons. The van der Waals surface area contributed by atoms with Crippen LogP contribution in [-0.2, 0) is 0 Å². The van der Waals surface area contributed by atoms with Crippen molar-refractivity contribution in [2.24, 2.45) is 5.92 Å². The van der Waals surface area contributed by atoms with E-state index in [-0.39, 0.29) is 0 Å². The predicted molar refractivity (Wildman–Crippen MR) is 43.9 cm³/mol. The zero-order valence-electron chi connectivity index (χ0n) is 7.49. The molecule has 0 aromatic heterocycles. The fraction of sp³-hybridized carbons (Fsp3) is 0.778. The second-order valence-corrected chi connectivity index (χ2v) is 2.90. The third-order valence-electron chi connectivity index (χ3n) is 1.67. The van der Waals surface area contributed by atoms with Crippen molar-refractivity contribution in [1.29, 1.82) is 0 Å². The molecule has 0 saturated carbocycles.